The van der Waals surface area contributed by atoms with Crippen LogP contribution in [0.3, 0.4) is 0 Å². The summed E-state index contributed by atoms with van der Waals surface area (Å²) < 4.78 is 77.7. The molecule has 0 atom stereocenters. The fourth-order valence-corrected chi connectivity index (χ4v) is 2.12. The van der Waals surface area contributed by atoms with Gasteiger partial charge in [-0.2, -0.15) is 26.3 Å². The van der Waals surface area contributed by atoms with E-state index in [9.17, 15) is 31.1 Å². The second kappa shape index (κ2) is 6.50. The van der Waals surface area contributed by atoms with Crippen LogP contribution in [-0.2, 0) is 17.1 Å². The van der Waals surface area contributed by atoms with Crippen LogP contribution in [0.25, 0.3) is 16.0 Å². The minimum atomic E-state index is -5.00. The molecule has 134 valence electrons. The first-order chi connectivity index (χ1) is 11.4. The summed E-state index contributed by atoms with van der Waals surface area (Å²) in [7, 11) is 0. The lowest BCUT2D eigenvalue weighted by molar-refractivity contribution is -0.143. The van der Waals surface area contributed by atoms with E-state index in [1.807, 2.05) is 0 Å². The number of carbonyl (C=O) groups is 1. The van der Waals surface area contributed by atoms with Crippen molar-refractivity contribution in [3.05, 3.63) is 41.7 Å². The number of aromatic nitrogens is 3. The van der Waals surface area contributed by atoms with Crippen molar-refractivity contribution >= 4 is 26.5 Å². The highest BCUT2D eigenvalue weighted by Crippen LogP contribution is 2.38. The van der Waals surface area contributed by atoms with Gasteiger partial charge in [0.05, 0.1) is 17.2 Å². The summed E-state index contributed by atoms with van der Waals surface area (Å²) in [6.45, 7) is 0. The molecular weight excluding hydrogens is 424 g/mol. The number of nitrogens with zero attached hydrogens (tertiary/aromatic N) is 3. The Labute approximate surface area is 143 Å². The fourth-order valence-electron chi connectivity index (χ4n) is 1.75. The molecule has 5 nitrogen and oxygen atoms in total. The van der Waals surface area contributed by atoms with Gasteiger partial charge in [0.2, 0.25) is 0 Å². The second-order valence-corrected chi connectivity index (χ2v) is 5.43. The largest absolute Gasteiger partial charge is 0.478 e. The maximum atomic E-state index is 12.8. The molecule has 0 fully saturated rings. The predicted molar refractivity (Wildman–Crippen MR) is 76.3 cm³/mol. The van der Waals surface area contributed by atoms with Crippen LogP contribution in [-0.4, -0.2) is 25.8 Å². The van der Waals surface area contributed by atoms with Crippen molar-refractivity contribution in [2.45, 2.75) is 12.4 Å². The highest BCUT2D eigenvalue weighted by atomic mass is 79.9. The number of aliphatic carboxylic acids is 1. The average Bonchev–Trinajstić information content (AvgIpc) is 2.94. The van der Waals surface area contributed by atoms with Crippen LogP contribution in [0.4, 0.5) is 26.3 Å². The Morgan fingerprint density at radius 1 is 1.08 bits per heavy atom. The van der Waals surface area contributed by atoms with Gasteiger partial charge in [0.1, 0.15) is 10.9 Å². The fraction of sp³-hybridized carbons (Fsp3) is 0.154. The van der Waals surface area contributed by atoms with Crippen molar-refractivity contribution in [2.75, 3.05) is 0 Å². The summed E-state index contributed by atoms with van der Waals surface area (Å²) in [6, 6.07) is 0.939. The first-order valence-electron chi connectivity index (χ1n) is 6.20. The molecular formula is C13H6BrF6N3O2. The van der Waals surface area contributed by atoms with Crippen molar-refractivity contribution in [1.29, 1.82) is 0 Å². The molecule has 1 heterocycles. The Morgan fingerprint density at radius 2 is 1.60 bits per heavy atom. The Morgan fingerprint density at radius 3 is 2.04 bits per heavy atom. The minimum absolute atomic E-state index is 0.0132. The molecule has 0 amide bonds. The van der Waals surface area contributed by atoms with Gasteiger partial charge in [-0.15, -0.1) is 5.10 Å². The predicted octanol–water partition coefficient (Wildman–Crippen LogP) is 4.26. The highest BCUT2D eigenvalue weighted by molar-refractivity contribution is 9.14. The van der Waals surface area contributed by atoms with Crippen LogP contribution >= 0.6 is 15.9 Å². The zero-order valence-electron chi connectivity index (χ0n) is 11.7. The van der Waals surface area contributed by atoms with Crippen molar-refractivity contribution in [1.82, 2.24) is 14.8 Å². The van der Waals surface area contributed by atoms with E-state index in [0.717, 1.165) is 11.0 Å². The number of hydrogen-bond acceptors (Lipinski definition) is 3. The monoisotopic (exact) mass is 429 g/mol. The quantitative estimate of drug-likeness (QED) is 0.584. The summed E-state index contributed by atoms with van der Waals surface area (Å²) in [5, 5.41) is 12.3. The van der Waals surface area contributed by atoms with E-state index < -0.39 is 40.8 Å². The summed E-state index contributed by atoms with van der Waals surface area (Å²) >= 11 is 2.85. The summed E-state index contributed by atoms with van der Waals surface area (Å²) in [5.74, 6) is -1.78. The van der Waals surface area contributed by atoms with E-state index in [4.69, 9.17) is 5.11 Å². The van der Waals surface area contributed by atoms with Crippen molar-refractivity contribution in [3.63, 3.8) is 0 Å². The van der Waals surface area contributed by atoms with Gasteiger partial charge in [-0.3, -0.25) is 0 Å². The molecule has 1 aromatic carbocycles. The smallest absolute Gasteiger partial charge is 0.416 e. The molecule has 2 rings (SSSR count). The Balaban J connectivity index is 2.56. The molecule has 0 saturated heterocycles. The topological polar surface area (TPSA) is 68.0 Å². The average molecular weight is 430 g/mol. The lowest BCUT2D eigenvalue weighted by Gasteiger charge is -2.13. The van der Waals surface area contributed by atoms with Gasteiger partial charge < -0.3 is 5.11 Å². The molecule has 0 aliphatic heterocycles. The third-order valence-corrected chi connectivity index (χ3v) is 3.39. The third-order valence-electron chi connectivity index (χ3n) is 2.80. The lowest BCUT2D eigenvalue weighted by Crippen LogP contribution is -2.11. The third kappa shape index (κ3) is 4.59. The molecule has 0 radical (unpaired) electrons. The molecule has 1 N–H and O–H groups in total. The maximum absolute atomic E-state index is 12.8. The summed E-state index contributed by atoms with van der Waals surface area (Å²) in [5.41, 5.74) is -3.53. The Hall–Kier alpha value is -2.37. The molecule has 0 bridgehead atoms. The molecule has 0 unspecified atom stereocenters. The molecule has 1 aromatic heterocycles. The molecule has 0 saturated carbocycles. The van der Waals surface area contributed by atoms with E-state index in [1.54, 1.807) is 0 Å². The number of carboxylic acids is 1. The van der Waals surface area contributed by atoms with Crippen molar-refractivity contribution < 1.29 is 36.2 Å². The van der Waals surface area contributed by atoms with Crippen LogP contribution < -0.4 is 0 Å². The first kappa shape index (κ1) is 19.0. The molecule has 2 aromatic rings. The van der Waals surface area contributed by atoms with Crippen LogP contribution in [0.1, 0.15) is 11.1 Å². The van der Waals surface area contributed by atoms with E-state index in [1.165, 1.54) is 0 Å². The second-order valence-electron chi connectivity index (χ2n) is 4.61. The number of alkyl halides is 6. The number of halogens is 7. The SMILES string of the molecule is O=C(O)/C=C(\Br)n1cnc(-c2cc(C(F)(F)F)cc(C(F)(F)F)c2)n1. The molecule has 12 heteroatoms. The zero-order chi connectivity index (χ0) is 19.0. The normalized spacial score (nSPS) is 13.2. The van der Waals surface area contributed by atoms with Gasteiger partial charge in [-0.25, -0.2) is 14.5 Å². The standard InChI is InChI=1S/C13H6BrF6N3O2/c14-9(4-10(24)25)23-5-21-11(22-23)6-1-7(12(15,16)17)3-8(2-6)13(18,19)20/h1-5H,(H,24,25)/b9-4+. The van der Waals surface area contributed by atoms with Crippen LogP contribution in [0.2, 0.25) is 0 Å². The van der Waals surface area contributed by atoms with Gasteiger partial charge in [0, 0.05) is 5.56 Å². The molecule has 0 aliphatic carbocycles. The molecule has 0 spiro atoms. The zero-order valence-corrected chi connectivity index (χ0v) is 13.3. The van der Waals surface area contributed by atoms with Crippen molar-refractivity contribution in [3.8, 4) is 11.4 Å². The minimum Gasteiger partial charge on any atom is -0.478 e. The van der Waals surface area contributed by atoms with E-state index >= 15 is 0 Å². The summed E-state index contributed by atoms with van der Waals surface area (Å²) in [6.07, 6.45) is -8.39. The van der Waals surface area contributed by atoms with Crippen LogP contribution in [0.15, 0.2) is 30.6 Å². The van der Waals surface area contributed by atoms with Gasteiger partial charge in [0.25, 0.3) is 0 Å². The molecule has 25 heavy (non-hydrogen) atoms. The van der Waals surface area contributed by atoms with Gasteiger partial charge in [-0.1, -0.05) is 0 Å². The molecule has 0 aliphatic rings. The van der Waals surface area contributed by atoms with Crippen LogP contribution in [0.5, 0.6) is 0 Å². The maximum Gasteiger partial charge on any atom is 0.416 e. The van der Waals surface area contributed by atoms with Crippen LogP contribution in [0, 0.1) is 0 Å². The highest BCUT2D eigenvalue weighted by Gasteiger charge is 2.37. The van der Waals surface area contributed by atoms with Gasteiger partial charge in [-0.05, 0) is 34.1 Å². The number of carboxylic acid groups (broad SMARTS) is 1. The van der Waals surface area contributed by atoms with E-state index in [-0.39, 0.29) is 10.7 Å². The van der Waals surface area contributed by atoms with Crippen molar-refractivity contribution in [2.24, 2.45) is 0 Å². The Bertz CT molecular complexity index is 809. The van der Waals surface area contributed by atoms with E-state index in [0.29, 0.717) is 18.2 Å². The number of hydrogen-bond donors (Lipinski definition) is 1. The number of benzene rings is 1. The summed E-state index contributed by atoms with van der Waals surface area (Å²) in [4.78, 5) is 14.2. The van der Waals surface area contributed by atoms with Gasteiger partial charge >= 0.3 is 18.3 Å². The van der Waals surface area contributed by atoms with E-state index in [2.05, 4.69) is 26.0 Å². The van der Waals surface area contributed by atoms with Gasteiger partial charge in [0.15, 0.2) is 5.82 Å². The Kier molecular flexibility index (Phi) is 4.93. The number of rotatable bonds is 3. The lowest BCUT2D eigenvalue weighted by atomic mass is 10.0. The first-order valence-corrected chi connectivity index (χ1v) is 6.99.